The van der Waals surface area contributed by atoms with Gasteiger partial charge in [-0.1, -0.05) is 12.1 Å². The molecule has 3 aliphatic rings. The summed E-state index contributed by atoms with van der Waals surface area (Å²) in [5, 5.41) is 27.0. The zero-order valence-corrected chi connectivity index (χ0v) is 15.0. The molecule has 1 saturated heterocycles. The van der Waals surface area contributed by atoms with Gasteiger partial charge in [0.1, 0.15) is 17.5 Å². The number of hydrogen-bond donors (Lipinski definition) is 3. The molecule has 0 bridgehead atoms. The third-order valence-electron chi connectivity index (χ3n) is 4.64. The van der Waals surface area contributed by atoms with Crippen LogP contribution in [0, 0.1) is 30.6 Å². The summed E-state index contributed by atoms with van der Waals surface area (Å²) in [5.41, 5.74) is 6.59. The standard InChI is InChI=1S/C17H19N7S/c1-10-3-4-11(2)14-13(10)24-15(19)12(9-18)16(21-22-17(24)25-14)23-7-5-20-6-8-23/h3-4,19-21H,5-8H2,1-2H3. The van der Waals surface area contributed by atoms with E-state index in [1.165, 1.54) is 0 Å². The highest BCUT2D eigenvalue weighted by Gasteiger charge is 2.37. The fraction of sp³-hybridized carbons (Fsp3) is 0.353. The molecule has 0 atom stereocenters. The van der Waals surface area contributed by atoms with Crippen LogP contribution in [0.5, 0.6) is 0 Å². The molecule has 0 amide bonds. The zero-order chi connectivity index (χ0) is 17.6. The van der Waals surface area contributed by atoms with Gasteiger partial charge in [-0.25, -0.2) is 0 Å². The molecule has 0 aromatic heterocycles. The number of nitriles is 1. The normalized spacial score (nSPS) is 19.7. The fourth-order valence-corrected chi connectivity index (χ4v) is 4.42. The summed E-state index contributed by atoms with van der Waals surface area (Å²) < 4.78 is 0. The Labute approximate surface area is 150 Å². The molecular weight excluding hydrogens is 334 g/mol. The third-order valence-corrected chi connectivity index (χ3v) is 5.81. The smallest absolute Gasteiger partial charge is 0.198 e. The summed E-state index contributed by atoms with van der Waals surface area (Å²) >= 11 is 1.54. The number of nitrogens with zero attached hydrogens (tertiary/aromatic N) is 4. The van der Waals surface area contributed by atoms with Gasteiger partial charge in [-0.05, 0) is 36.7 Å². The van der Waals surface area contributed by atoms with Crippen molar-refractivity contribution in [1.29, 1.82) is 10.7 Å². The van der Waals surface area contributed by atoms with Gasteiger partial charge >= 0.3 is 0 Å². The van der Waals surface area contributed by atoms with E-state index in [2.05, 4.69) is 45.9 Å². The minimum atomic E-state index is 0.180. The van der Waals surface area contributed by atoms with Crippen LogP contribution in [0.25, 0.3) is 0 Å². The van der Waals surface area contributed by atoms with Crippen molar-refractivity contribution < 1.29 is 0 Å². The number of nitrogens with one attached hydrogen (secondary N) is 3. The first-order valence-electron chi connectivity index (χ1n) is 8.22. The Bertz CT molecular complexity index is 858. The molecule has 0 spiro atoms. The predicted molar refractivity (Wildman–Crippen MR) is 99.6 cm³/mol. The van der Waals surface area contributed by atoms with Gasteiger partial charge in [0.15, 0.2) is 11.0 Å². The maximum Gasteiger partial charge on any atom is 0.198 e. The molecule has 3 aliphatic heterocycles. The van der Waals surface area contributed by atoms with Crippen molar-refractivity contribution in [2.75, 3.05) is 31.1 Å². The van der Waals surface area contributed by atoms with Gasteiger partial charge in [-0.3, -0.25) is 15.7 Å². The monoisotopic (exact) mass is 353 g/mol. The van der Waals surface area contributed by atoms with E-state index in [0.29, 0.717) is 16.6 Å². The summed E-state index contributed by atoms with van der Waals surface area (Å²) in [4.78, 5) is 4.99. The molecule has 0 unspecified atom stereocenters. The zero-order valence-electron chi connectivity index (χ0n) is 14.2. The number of rotatable bonds is 1. The van der Waals surface area contributed by atoms with Crippen molar-refractivity contribution in [3.05, 3.63) is 34.7 Å². The summed E-state index contributed by atoms with van der Waals surface area (Å²) in [6.07, 6.45) is 0. The Kier molecular flexibility index (Phi) is 3.90. The molecule has 0 aliphatic carbocycles. The minimum Gasteiger partial charge on any atom is -0.353 e. The molecule has 1 aromatic rings. The predicted octanol–water partition coefficient (Wildman–Crippen LogP) is 1.71. The second-order valence-electron chi connectivity index (χ2n) is 6.24. The summed E-state index contributed by atoms with van der Waals surface area (Å²) in [6, 6.07) is 6.36. The van der Waals surface area contributed by atoms with Gasteiger partial charge in [-0.2, -0.15) is 5.26 Å². The molecule has 8 heteroatoms. The van der Waals surface area contributed by atoms with E-state index in [0.717, 1.165) is 47.9 Å². The minimum absolute atomic E-state index is 0.180. The van der Waals surface area contributed by atoms with Crippen LogP contribution in [0.4, 0.5) is 5.69 Å². The lowest BCUT2D eigenvalue weighted by Crippen LogP contribution is -2.45. The Morgan fingerprint density at radius 1 is 1.24 bits per heavy atom. The molecule has 0 saturated carbocycles. The molecule has 25 heavy (non-hydrogen) atoms. The van der Waals surface area contributed by atoms with E-state index in [1.54, 1.807) is 16.7 Å². The number of hydrogen-bond acceptors (Lipinski definition) is 7. The number of anilines is 1. The highest BCUT2D eigenvalue weighted by molar-refractivity contribution is 8.15. The highest BCUT2D eigenvalue weighted by Crippen LogP contribution is 2.45. The van der Waals surface area contributed by atoms with Gasteiger partial charge in [0, 0.05) is 31.1 Å². The van der Waals surface area contributed by atoms with E-state index in [1.807, 2.05) is 6.92 Å². The molecule has 3 N–H and O–H groups in total. The second-order valence-corrected chi connectivity index (χ2v) is 7.22. The number of benzene rings is 1. The van der Waals surface area contributed by atoms with Crippen molar-refractivity contribution in [3.63, 3.8) is 0 Å². The van der Waals surface area contributed by atoms with Crippen molar-refractivity contribution in [2.24, 2.45) is 5.10 Å². The van der Waals surface area contributed by atoms with Crippen LogP contribution in [0.2, 0.25) is 0 Å². The quantitative estimate of drug-likeness (QED) is 0.712. The Balaban J connectivity index is 1.82. The van der Waals surface area contributed by atoms with E-state index < -0.39 is 0 Å². The molecule has 3 heterocycles. The number of hydrazone groups is 1. The Morgan fingerprint density at radius 3 is 2.68 bits per heavy atom. The van der Waals surface area contributed by atoms with Crippen LogP contribution >= 0.6 is 11.8 Å². The van der Waals surface area contributed by atoms with E-state index in [-0.39, 0.29) is 5.84 Å². The first-order valence-corrected chi connectivity index (χ1v) is 9.04. The number of amidine groups is 2. The van der Waals surface area contributed by atoms with Gasteiger partial charge in [0.2, 0.25) is 0 Å². The van der Waals surface area contributed by atoms with Crippen LogP contribution in [-0.2, 0) is 0 Å². The fourth-order valence-electron chi connectivity index (χ4n) is 3.29. The Morgan fingerprint density at radius 2 is 1.96 bits per heavy atom. The van der Waals surface area contributed by atoms with Gasteiger partial charge in [0.25, 0.3) is 0 Å². The maximum absolute atomic E-state index is 9.76. The van der Waals surface area contributed by atoms with Crippen LogP contribution < -0.4 is 15.6 Å². The number of fused-ring (bicyclic) bond motifs is 3. The van der Waals surface area contributed by atoms with Crippen molar-refractivity contribution in [1.82, 2.24) is 15.6 Å². The first kappa shape index (κ1) is 16.0. The van der Waals surface area contributed by atoms with Gasteiger partial charge in [0.05, 0.1) is 5.69 Å². The first-order chi connectivity index (χ1) is 12.1. The number of piperazine rings is 1. The summed E-state index contributed by atoms with van der Waals surface area (Å²) in [7, 11) is 0. The van der Waals surface area contributed by atoms with Crippen molar-refractivity contribution in [3.8, 4) is 6.07 Å². The molecule has 1 aromatic carbocycles. The van der Waals surface area contributed by atoms with E-state index in [4.69, 9.17) is 5.41 Å². The summed E-state index contributed by atoms with van der Waals surface area (Å²) in [6.45, 7) is 7.37. The lowest BCUT2D eigenvalue weighted by Gasteiger charge is -2.31. The highest BCUT2D eigenvalue weighted by atomic mass is 32.2. The van der Waals surface area contributed by atoms with Gasteiger partial charge in [-0.15, -0.1) is 5.10 Å². The molecule has 4 rings (SSSR count). The van der Waals surface area contributed by atoms with Crippen molar-refractivity contribution >= 4 is 28.5 Å². The van der Waals surface area contributed by atoms with Crippen LogP contribution in [-0.4, -0.2) is 42.1 Å². The molecule has 1 fully saturated rings. The molecule has 0 radical (unpaired) electrons. The van der Waals surface area contributed by atoms with Gasteiger partial charge < -0.3 is 10.2 Å². The topological polar surface area (TPSA) is 90.5 Å². The summed E-state index contributed by atoms with van der Waals surface area (Å²) in [5.74, 6) is 0.808. The lowest BCUT2D eigenvalue weighted by atomic mass is 10.1. The van der Waals surface area contributed by atoms with E-state index in [9.17, 15) is 5.26 Å². The Hall–Kier alpha value is -2.50. The average Bonchev–Trinajstić information content (AvgIpc) is 2.96. The average molecular weight is 353 g/mol. The third kappa shape index (κ3) is 2.47. The van der Waals surface area contributed by atoms with E-state index >= 15 is 0 Å². The largest absolute Gasteiger partial charge is 0.353 e. The maximum atomic E-state index is 9.76. The molecule has 128 valence electrons. The van der Waals surface area contributed by atoms with Crippen molar-refractivity contribution in [2.45, 2.75) is 18.7 Å². The molecule has 7 nitrogen and oxygen atoms in total. The number of aryl methyl sites for hydroxylation is 2. The second kappa shape index (κ2) is 6.10. The van der Waals surface area contributed by atoms with Crippen LogP contribution in [0.3, 0.4) is 0 Å². The molecular formula is C17H19N7S. The SMILES string of the molecule is Cc1ccc(C)c2c1SC1=NNC(N3CCNCC3)=C(C#N)C(=N)N12. The van der Waals surface area contributed by atoms with Crippen LogP contribution in [0.15, 0.2) is 33.5 Å². The number of thioether (sulfide) groups is 1. The lowest BCUT2D eigenvalue weighted by molar-refractivity contribution is 0.281. The van der Waals surface area contributed by atoms with Crippen LogP contribution in [0.1, 0.15) is 11.1 Å².